The molecule has 0 saturated carbocycles. The maximum absolute atomic E-state index is 12.7. The van der Waals surface area contributed by atoms with Gasteiger partial charge in [0.2, 0.25) is 5.91 Å². The molecule has 0 unspecified atom stereocenters. The Bertz CT molecular complexity index is 358. The minimum atomic E-state index is 0.436. The minimum absolute atomic E-state index is 0.436. The van der Waals surface area contributed by atoms with Gasteiger partial charge in [-0.25, -0.2) is 0 Å². The van der Waals surface area contributed by atoms with Crippen molar-refractivity contribution < 1.29 is 4.79 Å². The molecule has 0 aliphatic carbocycles. The Kier molecular flexibility index (Phi) is 8.06. The molecule has 2 heterocycles. The quantitative estimate of drug-likeness (QED) is 0.641. The molecule has 0 radical (unpaired) electrons. The largest absolute Gasteiger partial charge is 0.343 e. The second-order valence-electron chi connectivity index (χ2n) is 8.37. The summed E-state index contributed by atoms with van der Waals surface area (Å²) in [5.74, 6) is 1.06. The molecule has 2 aliphatic heterocycles. The van der Waals surface area contributed by atoms with Gasteiger partial charge in [-0.1, -0.05) is 33.6 Å². The monoisotopic (exact) mass is 336 g/mol. The van der Waals surface area contributed by atoms with E-state index in [-0.39, 0.29) is 0 Å². The van der Waals surface area contributed by atoms with Gasteiger partial charge in [-0.2, -0.15) is 0 Å². The van der Waals surface area contributed by atoms with Crippen molar-refractivity contribution in [1.82, 2.24) is 9.80 Å². The first-order valence-corrected chi connectivity index (χ1v) is 10.6. The highest BCUT2D eigenvalue weighted by Crippen LogP contribution is 2.40. The second kappa shape index (κ2) is 9.79. The Labute approximate surface area is 150 Å². The number of carbonyl (C=O) groups is 1. The summed E-state index contributed by atoms with van der Waals surface area (Å²) in [7, 11) is 0. The maximum Gasteiger partial charge on any atom is 0.222 e. The van der Waals surface area contributed by atoms with Crippen molar-refractivity contribution in [1.29, 1.82) is 0 Å². The Morgan fingerprint density at radius 1 is 0.917 bits per heavy atom. The highest BCUT2D eigenvalue weighted by Gasteiger charge is 2.34. The van der Waals surface area contributed by atoms with Crippen LogP contribution in [0.25, 0.3) is 0 Å². The van der Waals surface area contributed by atoms with Crippen molar-refractivity contribution in [3.8, 4) is 0 Å². The number of rotatable bonds is 8. The number of likely N-dealkylation sites (tertiary alicyclic amines) is 2. The van der Waals surface area contributed by atoms with Crippen LogP contribution in [-0.2, 0) is 4.79 Å². The van der Waals surface area contributed by atoms with Crippen molar-refractivity contribution in [2.75, 3.05) is 32.7 Å². The Morgan fingerprint density at radius 3 is 2.00 bits per heavy atom. The number of amides is 1. The van der Waals surface area contributed by atoms with Crippen LogP contribution < -0.4 is 0 Å². The molecule has 0 aromatic heterocycles. The lowest BCUT2D eigenvalue weighted by Gasteiger charge is -2.42. The van der Waals surface area contributed by atoms with E-state index in [4.69, 9.17) is 0 Å². The van der Waals surface area contributed by atoms with Crippen LogP contribution in [0.4, 0.5) is 0 Å². The van der Waals surface area contributed by atoms with Crippen molar-refractivity contribution in [3.63, 3.8) is 0 Å². The van der Waals surface area contributed by atoms with Gasteiger partial charge in [0.05, 0.1) is 0 Å². The van der Waals surface area contributed by atoms with Crippen molar-refractivity contribution in [3.05, 3.63) is 0 Å². The third kappa shape index (κ3) is 5.47. The molecule has 0 aromatic carbocycles. The van der Waals surface area contributed by atoms with Crippen LogP contribution in [0.3, 0.4) is 0 Å². The standard InChI is InChI=1S/C21H40N2O/c1-4-9-21(10-5-2)11-16-23(17-12-21)20(24)18-19-7-14-22(13-6-3)15-8-19/h19H,4-18H2,1-3H3. The third-order valence-electron chi connectivity index (χ3n) is 6.45. The summed E-state index contributed by atoms with van der Waals surface area (Å²) in [6, 6.07) is 0. The predicted octanol–water partition coefficient (Wildman–Crippen LogP) is 4.71. The van der Waals surface area contributed by atoms with Crippen molar-refractivity contribution >= 4 is 5.91 Å². The number of nitrogens with zero attached hydrogens (tertiary/aromatic N) is 2. The van der Waals surface area contributed by atoms with Gasteiger partial charge in [0.25, 0.3) is 0 Å². The molecule has 0 spiro atoms. The van der Waals surface area contributed by atoms with Crippen LogP contribution in [0.15, 0.2) is 0 Å². The lowest BCUT2D eigenvalue weighted by molar-refractivity contribution is -0.135. The first kappa shape index (κ1) is 19.8. The first-order valence-electron chi connectivity index (χ1n) is 10.6. The number of hydrogen-bond acceptors (Lipinski definition) is 2. The molecular formula is C21H40N2O. The molecule has 0 N–H and O–H groups in total. The molecule has 140 valence electrons. The van der Waals surface area contributed by atoms with Crippen LogP contribution in [-0.4, -0.2) is 48.4 Å². The topological polar surface area (TPSA) is 23.6 Å². The molecule has 2 fully saturated rings. The molecule has 3 heteroatoms. The molecule has 24 heavy (non-hydrogen) atoms. The Hall–Kier alpha value is -0.570. The van der Waals surface area contributed by atoms with Crippen LogP contribution in [0.1, 0.15) is 85.0 Å². The zero-order chi connectivity index (χ0) is 17.4. The zero-order valence-corrected chi connectivity index (χ0v) is 16.5. The highest BCUT2D eigenvalue weighted by molar-refractivity contribution is 5.76. The molecule has 0 bridgehead atoms. The van der Waals surface area contributed by atoms with Gasteiger partial charge in [-0.05, 0) is 75.9 Å². The predicted molar refractivity (Wildman–Crippen MR) is 102 cm³/mol. The normalized spacial score (nSPS) is 22.7. The molecule has 2 rings (SSSR count). The smallest absolute Gasteiger partial charge is 0.222 e. The molecule has 1 amide bonds. The fraction of sp³-hybridized carbons (Fsp3) is 0.952. The molecule has 0 atom stereocenters. The Balaban J connectivity index is 1.75. The fourth-order valence-electron chi connectivity index (χ4n) is 5.02. The lowest BCUT2D eigenvalue weighted by Crippen LogP contribution is -2.44. The fourth-order valence-corrected chi connectivity index (χ4v) is 5.02. The summed E-state index contributed by atoms with van der Waals surface area (Å²) in [4.78, 5) is 17.5. The van der Waals surface area contributed by atoms with E-state index in [0.29, 0.717) is 17.2 Å². The summed E-state index contributed by atoms with van der Waals surface area (Å²) in [6.45, 7) is 12.5. The number of piperidine rings is 2. The summed E-state index contributed by atoms with van der Waals surface area (Å²) in [5.41, 5.74) is 0.534. The van der Waals surface area contributed by atoms with Gasteiger partial charge in [0, 0.05) is 19.5 Å². The van der Waals surface area contributed by atoms with E-state index in [0.717, 1.165) is 19.5 Å². The van der Waals surface area contributed by atoms with Crippen LogP contribution in [0.2, 0.25) is 0 Å². The van der Waals surface area contributed by atoms with Crippen molar-refractivity contribution in [2.45, 2.75) is 85.0 Å². The van der Waals surface area contributed by atoms with Gasteiger partial charge in [0.15, 0.2) is 0 Å². The van der Waals surface area contributed by atoms with Gasteiger partial charge >= 0.3 is 0 Å². The summed E-state index contributed by atoms with van der Waals surface area (Å²) >= 11 is 0. The number of hydrogen-bond donors (Lipinski definition) is 0. The maximum atomic E-state index is 12.7. The van der Waals surface area contributed by atoms with Gasteiger partial charge in [-0.3, -0.25) is 4.79 Å². The van der Waals surface area contributed by atoms with E-state index < -0.39 is 0 Å². The van der Waals surface area contributed by atoms with E-state index >= 15 is 0 Å². The van der Waals surface area contributed by atoms with Gasteiger partial charge in [0.1, 0.15) is 0 Å². The minimum Gasteiger partial charge on any atom is -0.343 e. The molecule has 3 nitrogen and oxygen atoms in total. The van der Waals surface area contributed by atoms with E-state index in [9.17, 15) is 4.79 Å². The van der Waals surface area contributed by atoms with E-state index in [1.54, 1.807) is 0 Å². The Morgan fingerprint density at radius 2 is 1.50 bits per heavy atom. The summed E-state index contributed by atoms with van der Waals surface area (Å²) < 4.78 is 0. The van der Waals surface area contributed by atoms with Gasteiger partial charge in [-0.15, -0.1) is 0 Å². The lowest BCUT2D eigenvalue weighted by atomic mass is 9.72. The molecule has 0 aromatic rings. The average molecular weight is 337 g/mol. The highest BCUT2D eigenvalue weighted by atomic mass is 16.2. The van der Waals surface area contributed by atoms with Gasteiger partial charge < -0.3 is 9.80 Å². The number of carbonyl (C=O) groups excluding carboxylic acids is 1. The first-order chi connectivity index (χ1) is 11.6. The SMILES string of the molecule is CCCN1CCC(CC(=O)N2CCC(CCC)(CCC)CC2)CC1. The van der Waals surface area contributed by atoms with E-state index in [1.807, 2.05) is 0 Å². The summed E-state index contributed by atoms with van der Waals surface area (Å²) in [5, 5.41) is 0. The summed E-state index contributed by atoms with van der Waals surface area (Å²) in [6.07, 6.45) is 12.2. The van der Waals surface area contributed by atoms with Crippen molar-refractivity contribution in [2.24, 2.45) is 11.3 Å². The molecule has 2 aliphatic rings. The second-order valence-corrected chi connectivity index (χ2v) is 8.37. The van der Waals surface area contributed by atoms with Crippen LogP contribution in [0.5, 0.6) is 0 Å². The molecular weight excluding hydrogens is 296 g/mol. The zero-order valence-electron chi connectivity index (χ0n) is 16.5. The van der Waals surface area contributed by atoms with E-state index in [2.05, 4.69) is 30.6 Å². The molecule has 2 saturated heterocycles. The van der Waals surface area contributed by atoms with E-state index in [1.165, 1.54) is 77.4 Å². The van der Waals surface area contributed by atoms with Crippen LogP contribution in [0, 0.1) is 11.3 Å². The average Bonchev–Trinajstić information content (AvgIpc) is 2.58. The van der Waals surface area contributed by atoms with Crippen LogP contribution >= 0.6 is 0 Å². The third-order valence-corrected chi connectivity index (χ3v) is 6.45.